The molecule has 1 aliphatic rings. The van der Waals surface area contributed by atoms with Crippen molar-refractivity contribution in [1.82, 2.24) is 0 Å². The van der Waals surface area contributed by atoms with Crippen LogP contribution >= 0.6 is 0 Å². The maximum absolute atomic E-state index is 11.1. The van der Waals surface area contributed by atoms with E-state index in [9.17, 15) is 9.59 Å². The molecule has 1 fully saturated rings. The van der Waals surface area contributed by atoms with E-state index in [1.54, 1.807) is 6.92 Å². The first-order valence-corrected chi connectivity index (χ1v) is 7.73. The SMILES string of the molecule is C=C(C(=O)OC)C(C)(C)C.C=C(C)C(=O)OC1CCCCC1. The summed E-state index contributed by atoms with van der Waals surface area (Å²) in [5.41, 5.74) is 0.822. The molecule has 0 N–H and O–H groups in total. The number of carbonyl (C=O) groups excluding carboxylic acids is 2. The van der Waals surface area contributed by atoms with Crippen molar-refractivity contribution in [2.45, 2.75) is 65.9 Å². The lowest BCUT2D eigenvalue weighted by atomic mass is 9.88. The van der Waals surface area contributed by atoms with Crippen molar-refractivity contribution in [2.24, 2.45) is 5.41 Å². The Morgan fingerprint density at radius 3 is 1.82 bits per heavy atom. The molecule has 0 amide bonds. The van der Waals surface area contributed by atoms with Crippen LogP contribution in [-0.4, -0.2) is 25.2 Å². The fourth-order valence-electron chi connectivity index (χ4n) is 1.86. The quantitative estimate of drug-likeness (QED) is 0.579. The van der Waals surface area contributed by atoms with Gasteiger partial charge in [-0.15, -0.1) is 0 Å². The van der Waals surface area contributed by atoms with Gasteiger partial charge in [0.25, 0.3) is 0 Å². The van der Waals surface area contributed by atoms with Crippen LogP contribution in [0.3, 0.4) is 0 Å². The molecule has 0 aromatic rings. The van der Waals surface area contributed by atoms with E-state index in [-0.39, 0.29) is 23.5 Å². The van der Waals surface area contributed by atoms with Crippen LogP contribution < -0.4 is 0 Å². The predicted octanol–water partition coefficient (Wildman–Crippen LogP) is 4.20. The Balaban J connectivity index is 0.000000409. The second-order valence-corrected chi connectivity index (χ2v) is 6.67. The molecule has 0 unspecified atom stereocenters. The number of esters is 2. The van der Waals surface area contributed by atoms with E-state index in [0.717, 1.165) is 12.8 Å². The molecule has 0 spiro atoms. The number of carbonyl (C=O) groups is 2. The van der Waals surface area contributed by atoms with Gasteiger partial charge in [0.2, 0.25) is 0 Å². The fraction of sp³-hybridized carbons (Fsp3) is 0.667. The summed E-state index contributed by atoms with van der Waals surface area (Å²) in [6.45, 7) is 14.6. The molecule has 0 saturated heterocycles. The minimum atomic E-state index is -0.326. The molecular formula is C18H30O4. The number of ether oxygens (including phenoxy) is 2. The zero-order valence-corrected chi connectivity index (χ0v) is 14.7. The number of hydrogen-bond donors (Lipinski definition) is 0. The molecule has 0 bridgehead atoms. The summed E-state index contributed by atoms with van der Waals surface area (Å²) in [4.78, 5) is 21.9. The lowest BCUT2D eigenvalue weighted by Gasteiger charge is -2.21. The van der Waals surface area contributed by atoms with Crippen molar-refractivity contribution in [3.8, 4) is 0 Å². The van der Waals surface area contributed by atoms with Gasteiger partial charge in [0.15, 0.2) is 0 Å². The van der Waals surface area contributed by atoms with Gasteiger partial charge in [0.1, 0.15) is 6.10 Å². The van der Waals surface area contributed by atoms with E-state index in [1.165, 1.54) is 26.4 Å². The van der Waals surface area contributed by atoms with Crippen molar-refractivity contribution < 1.29 is 19.1 Å². The summed E-state index contributed by atoms with van der Waals surface area (Å²) in [7, 11) is 1.36. The van der Waals surface area contributed by atoms with Gasteiger partial charge in [-0.3, -0.25) is 0 Å². The highest BCUT2D eigenvalue weighted by molar-refractivity contribution is 5.88. The van der Waals surface area contributed by atoms with Gasteiger partial charge in [-0.2, -0.15) is 0 Å². The maximum Gasteiger partial charge on any atom is 0.333 e. The third-order valence-electron chi connectivity index (χ3n) is 3.51. The smallest absolute Gasteiger partial charge is 0.333 e. The lowest BCUT2D eigenvalue weighted by Crippen LogP contribution is -2.20. The van der Waals surface area contributed by atoms with Crippen LogP contribution in [0.2, 0.25) is 0 Å². The molecule has 0 atom stereocenters. The Bertz CT molecular complexity index is 409. The first-order valence-electron chi connectivity index (χ1n) is 7.73. The maximum atomic E-state index is 11.1. The lowest BCUT2D eigenvalue weighted by molar-refractivity contribution is -0.145. The monoisotopic (exact) mass is 310 g/mol. The molecule has 4 heteroatoms. The molecule has 4 nitrogen and oxygen atoms in total. The molecule has 1 saturated carbocycles. The van der Waals surface area contributed by atoms with E-state index in [1.807, 2.05) is 20.8 Å². The third kappa shape index (κ3) is 8.01. The van der Waals surface area contributed by atoms with Crippen LogP contribution in [0.5, 0.6) is 0 Å². The fourth-order valence-corrected chi connectivity index (χ4v) is 1.86. The van der Waals surface area contributed by atoms with Crippen molar-refractivity contribution in [2.75, 3.05) is 7.11 Å². The van der Waals surface area contributed by atoms with Crippen LogP contribution in [-0.2, 0) is 19.1 Å². The van der Waals surface area contributed by atoms with Crippen LogP contribution in [0, 0.1) is 5.41 Å². The first kappa shape index (κ1) is 20.4. The Morgan fingerprint density at radius 1 is 1.00 bits per heavy atom. The minimum absolute atomic E-state index is 0.156. The van der Waals surface area contributed by atoms with Gasteiger partial charge in [-0.1, -0.05) is 40.3 Å². The highest BCUT2D eigenvalue weighted by Crippen LogP contribution is 2.23. The summed E-state index contributed by atoms with van der Waals surface area (Å²) < 4.78 is 9.71. The Kier molecular flexibility index (Phi) is 8.76. The van der Waals surface area contributed by atoms with Gasteiger partial charge < -0.3 is 9.47 Å². The molecule has 0 radical (unpaired) electrons. The van der Waals surface area contributed by atoms with Crippen LogP contribution in [0.25, 0.3) is 0 Å². The molecule has 1 rings (SSSR count). The predicted molar refractivity (Wildman–Crippen MR) is 88.4 cm³/mol. The standard InChI is InChI=1S/C10H16O2.C8H14O2/c1-8(2)10(11)12-9-6-4-3-5-7-9;1-6(7(9)10-5)8(2,3)4/h9H,1,3-7H2,2H3;1H2,2-5H3. The van der Waals surface area contributed by atoms with E-state index in [0.29, 0.717) is 11.1 Å². The van der Waals surface area contributed by atoms with E-state index >= 15 is 0 Å². The van der Waals surface area contributed by atoms with E-state index in [2.05, 4.69) is 17.9 Å². The summed E-state index contributed by atoms with van der Waals surface area (Å²) >= 11 is 0. The van der Waals surface area contributed by atoms with Crippen LogP contribution in [0.1, 0.15) is 59.8 Å². The van der Waals surface area contributed by atoms with Crippen molar-refractivity contribution in [1.29, 1.82) is 0 Å². The normalized spacial score (nSPS) is 15.1. The number of hydrogen-bond acceptors (Lipinski definition) is 4. The van der Waals surface area contributed by atoms with Gasteiger partial charge in [-0.25, -0.2) is 9.59 Å². The van der Waals surface area contributed by atoms with Crippen molar-refractivity contribution in [3.05, 3.63) is 24.3 Å². The Hall–Kier alpha value is -1.58. The molecular weight excluding hydrogens is 280 g/mol. The summed E-state index contributed by atoms with van der Waals surface area (Å²) in [5.74, 6) is -0.561. The molecule has 1 aliphatic carbocycles. The third-order valence-corrected chi connectivity index (χ3v) is 3.51. The first-order chi connectivity index (χ1) is 10.1. The van der Waals surface area contributed by atoms with Gasteiger partial charge in [0.05, 0.1) is 7.11 Å². The van der Waals surface area contributed by atoms with E-state index < -0.39 is 0 Å². The summed E-state index contributed by atoms with van der Waals surface area (Å²) in [6.07, 6.45) is 5.87. The second-order valence-electron chi connectivity index (χ2n) is 6.67. The molecule has 126 valence electrons. The molecule has 0 heterocycles. The number of methoxy groups -OCH3 is 1. The molecule has 22 heavy (non-hydrogen) atoms. The molecule has 0 aromatic heterocycles. The molecule has 0 aromatic carbocycles. The van der Waals surface area contributed by atoms with Crippen LogP contribution in [0.4, 0.5) is 0 Å². The molecule has 0 aliphatic heterocycles. The van der Waals surface area contributed by atoms with Crippen molar-refractivity contribution >= 4 is 11.9 Å². The zero-order chi connectivity index (χ0) is 17.3. The van der Waals surface area contributed by atoms with Crippen molar-refractivity contribution in [3.63, 3.8) is 0 Å². The highest BCUT2D eigenvalue weighted by atomic mass is 16.5. The van der Waals surface area contributed by atoms with Gasteiger partial charge in [-0.05, 0) is 38.0 Å². The summed E-state index contributed by atoms with van der Waals surface area (Å²) in [5, 5.41) is 0. The number of rotatable bonds is 3. The van der Waals surface area contributed by atoms with E-state index in [4.69, 9.17) is 4.74 Å². The van der Waals surface area contributed by atoms with Crippen LogP contribution in [0.15, 0.2) is 24.3 Å². The highest BCUT2D eigenvalue weighted by Gasteiger charge is 2.21. The zero-order valence-electron chi connectivity index (χ0n) is 14.7. The van der Waals surface area contributed by atoms with Gasteiger partial charge >= 0.3 is 11.9 Å². The Morgan fingerprint density at radius 2 is 1.50 bits per heavy atom. The minimum Gasteiger partial charge on any atom is -0.466 e. The second kappa shape index (κ2) is 9.44. The van der Waals surface area contributed by atoms with Gasteiger partial charge in [0, 0.05) is 11.1 Å². The Labute approximate surface area is 134 Å². The largest absolute Gasteiger partial charge is 0.466 e. The average molecular weight is 310 g/mol. The average Bonchev–Trinajstić information content (AvgIpc) is 2.46. The topological polar surface area (TPSA) is 52.6 Å². The summed E-state index contributed by atoms with van der Waals surface area (Å²) in [6, 6.07) is 0.